The molecule has 1 unspecified atom stereocenters. The van der Waals surface area contributed by atoms with Gasteiger partial charge in [-0.25, -0.2) is 0 Å². The van der Waals surface area contributed by atoms with E-state index in [9.17, 15) is 0 Å². The third kappa shape index (κ3) is 4.44. The Bertz CT molecular complexity index is 403. The second-order valence-electron chi connectivity index (χ2n) is 5.01. The van der Waals surface area contributed by atoms with Crippen LogP contribution < -0.4 is 5.32 Å². The molecular formula is C16H24N2O. The molecule has 1 aromatic heterocycles. The summed E-state index contributed by atoms with van der Waals surface area (Å²) in [4.78, 5) is 4.56. The monoisotopic (exact) mass is 260 g/mol. The number of hydrogen-bond acceptors (Lipinski definition) is 3. The number of aromatic nitrogens is 1. The van der Waals surface area contributed by atoms with Gasteiger partial charge in [0.25, 0.3) is 0 Å². The SMILES string of the molecule is COCCNCCC=CC1CCCc2cccnc21. The zero-order chi connectivity index (χ0) is 13.3. The van der Waals surface area contributed by atoms with Crippen molar-refractivity contribution in [3.8, 4) is 0 Å². The van der Waals surface area contributed by atoms with Crippen LogP contribution in [-0.4, -0.2) is 31.8 Å². The highest BCUT2D eigenvalue weighted by molar-refractivity contribution is 5.29. The van der Waals surface area contributed by atoms with Crippen molar-refractivity contribution < 1.29 is 4.74 Å². The molecule has 3 heteroatoms. The number of aryl methyl sites for hydroxylation is 1. The van der Waals surface area contributed by atoms with Crippen LogP contribution in [0, 0.1) is 0 Å². The largest absolute Gasteiger partial charge is 0.383 e. The first-order valence-electron chi connectivity index (χ1n) is 7.22. The van der Waals surface area contributed by atoms with Gasteiger partial charge in [0, 0.05) is 25.8 Å². The van der Waals surface area contributed by atoms with Crippen molar-refractivity contribution in [1.29, 1.82) is 0 Å². The van der Waals surface area contributed by atoms with Crippen LogP contribution in [0.3, 0.4) is 0 Å². The average Bonchev–Trinajstić information content (AvgIpc) is 2.46. The Morgan fingerprint density at radius 3 is 3.32 bits per heavy atom. The van der Waals surface area contributed by atoms with Crippen LogP contribution in [0.4, 0.5) is 0 Å². The Morgan fingerprint density at radius 2 is 2.42 bits per heavy atom. The van der Waals surface area contributed by atoms with Crippen LogP contribution >= 0.6 is 0 Å². The molecule has 1 aliphatic rings. The third-order valence-electron chi connectivity index (χ3n) is 3.58. The fourth-order valence-corrected chi connectivity index (χ4v) is 2.58. The highest BCUT2D eigenvalue weighted by Crippen LogP contribution is 2.30. The fourth-order valence-electron chi connectivity index (χ4n) is 2.58. The van der Waals surface area contributed by atoms with E-state index in [-0.39, 0.29) is 0 Å². The Hall–Kier alpha value is -1.19. The molecule has 0 aromatic carbocycles. The van der Waals surface area contributed by atoms with Gasteiger partial charge in [-0.3, -0.25) is 4.98 Å². The number of pyridine rings is 1. The summed E-state index contributed by atoms with van der Waals surface area (Å²) < 4.78 is 4.99. The van der Waals surface area contributed by atoms with E-state index in [0.717, 1.165) is 26.1 Å². The highest BCUT2D eigenvalue weighted by atomic mass is 16.5. The summed E-state index contributed by atoms with van der Waals surface area (Å²) in [6.07, 6.45) is 11.3. The molecule has 2 rings (SSSR count). The minimum Gasteiger partial charge on any atom is -0.383 e. The summed E-state index contributed by atoms with van der Waals surface area (Å²) in [7, 11) is 1.73. The van der Waals surface area contributed by atoms with Gasteiger partial charge in [-0.05, 0) is 43.9 Å². The minimum atomic E-state index is 0.518. The molecule has 1 atom stereocenters. The fraction of sp³-hybridized carbons (Fsp3) is 0.562. The van der Waals surface area contributed by atoms with Gasteiger partial charge < -0.3 is 10.1 Å². The van der Waals surface area contributed by atoms with Crippen LogP contribution in [-0.2, 0) is 11.2 Å². The van der Waals surface area contributed by atoms with Crippen LogP contribution in [0.15, 0.2) is 30.5 Å². The van der Waals surface area contributed by atoms with Gasteiger partial charge in [-0.2, -0.15) is 0 Å². The van der Waals surface area contributed by atoms with Gasteiger partial charge in [0.1, 0.15) is 0 Å². The second kappa shape index (κ2) is 8.08. The lowest BCUT2D eigenvalue weighted by Gasteiger charge is -2.21. The zero-order valence-corrected chi connectivity index (χ0v) is 11.8. The van der Waals surface area contributed by atoms with Crippen LogP contribution in [0.2, 0.25) is 0 Å². The van der Waals surface area contributed by atoms with Crippen molar-refractivity contribution in [2.24, 2.45) is 0 Å². The summed E-state index contributed by atoms with van der Waals surface area (Å²) in [6.45, 7) is 2.73. The summed E-state index contributed by atoms with van der Waals surface area (Å²) in [5.41, 5.74) is 2.72. The summed E-state index contributed by atoms with van der Waals surface area (Å²) in [6, 6.07) is 4.26. The first-order chi connectivity index (χ1) is 9.42. The molecule has 0 fully saturated rings. The molecular weight excluding hydrogens is 236 g/mol. The molecule has 0 saturated carbocycles. The molecule has 0 saturated heterocycles. The van der Waals surface area contributed by atoms with E-state index < -0.39 is 0 Å². The van der Waals surface area contributed by atoms with Crippen LogP contribution in [0.25, 0.3) is 0 Å². The molecule has 1 aliphatic carbocycles. The molecule has 1 aromatic rings. The molecule has 3 nitrogen and oxygen atoms in total. The van der Waals surface area contributed by atoms with Crippen molar-refractivity contribution in [3.63, 3.8) is 0 Å². The van der Waals surface area contributed by atoms with Crippen molar-refractivity contribution in [1.82, 2.24) is 10.3 Å². The minimum absolute atomic E-state index is 0.518. The van der Waals surface area contributed by atoms with E-state index in [1.54, 1.807) is 7.11 Å². The predicted octanol–water partition coefficient (Wildman–Crippen LogP) is 2.68. The van der Waals surface area contributed by atoms with Crippen LogP contribution in [0.1, 0.15) is 36.4 Å². The Morgan fingerprint density at radius 1 is 1.47 bits per heavy atom. The van der Waals surface area contributed by atoms with Gasteiger partial charge in [0.05, 0.1) is 12.3 Å². The van der Waals surface area contributed by atoms with Crippen LogP contribution in [0.5, 0.6) is 0 Å². The lowest BCUT2D eigenvalue weighted by atomic mass is 9.86. The summed E-state index contributed by atoms with van der Waals surface area (Å²) in [5.74, 6) is 0.518. The van der Waals surface area contributed by atoms with Crippen molar-refractivity contribution in [3.05, 3.63) is 41.7 Å². The maximum Gasteiger partial charge on any atom is 0.0587 e. The van der Waals surface area contributed by atoms with E-state index in [2.05, 4.69) is 28.5 Å². The van der Waals surface area contributed by atoms with Gasteiger partial charge in [-0.1, -0.05) is 18.2 Å². The second-order valence-corrected chi connectivity index (χ2v) is 5.01. The van der Waals surface area contributed by atoms with Gasteiger partial charge in [0.2, 0.25) is 0 Å². The zero-order valence-electron chi connectivity index (χ0n) is 11.8. The number of methoxy groups -OCH3 is 1. The highest BCUT2D eigenvalue weighted by Gasteiger charge is 2.18. The Kier molecular flexibility index (Phi) is 6.05. The maximum absolute atomic E-state index is 4.99. The maximum atomic E-state index is 4.99. The van der Waals surface area contributed by atoms with Gasteiger partial charge in [0.15, 0.2) is 0 Å². The van der Waals surface area contributed by atoms with Crippen molar-refractivity contribution >= 4 is 0 Å². The first kappa shape index (κ1) is 14.2. The molecule has 19 heavy (non-hydrogen) atoms. The molecule has 1 heterocycles. The predicted molar refractivity (Wildman–Crippen MR) is 78.4 cm³/mol. The number of nitrogens with one attached hydrogen (secondary N) is 1. The number of rotatable bonds is 7. The number of allylic oxidation sites excluding steroid dienone is 1. The molecule has 0 radical (unpaired) electrons. The summed E-state index contributed by atoms with van der Waals surface area (Å²) >= 11 is 0. The van der Waals surface area contributed by atoms with Crippen molar-refractivity contribution in [2.75, 3.05) is 26.8 Å². The summed E-state index contributed by atoms with van der Waals surface area (Å²) in [5, 5.41) is 3.35. The lowest BCUT2D eigenvalue weighted by Crippen LogP contribution is -2.19. The molecule has 0 aliphatic heterocycles. The van der Waals surface area contributed by atoms with E-state index in [0.29, 0.717) is 5.92 Å². The van der Waals surface area contributed by atoms with Gasteiger partial charge in [-0.15, -0.1) is 0 Å². The third-order valence-corrected chi connectivity index (χ3v) is 3.58. The lowest BCUT2D eigenvalue weighted by molar-refractivity contribution is 0.199. The Balaban J connectivity index is 1.77. The van der Waals surface area contributed by atoms with E-state index in [1.807, 2.05) is 12.3 Å². The number of ether oxygens (including phenoxy) is 1. The molecule has 0 spiro atoms. The standard InChI is InChI=1S/C16H24N2O/c1-19-13-12-17-10-3-2-6-14-7-4-8-15-9-5-11-18-16(14)15/h2,5-6,9,11,14,17H,3-4,7-8,10,12-13H2,1H3. The van der Waals surface area contributed by atoms with Gasteiger partial charge >= 0.3 is 0 Å². The molecule has 104 valence electrons. The van der Waals surface area contributed by atoms with E-state index in [1.165, 1.54) is 30.5 Å². The molecule has 0 amide bonds. The quantitative estimate of drug-likeness (QED) is 0.604. The molecule has 1 N–H and O–H groups in total. The van der Waals surface area contributed by atoms with E-state index >= 15 is 0 Å². The number of nitrogens with zero attached hydrogens (tertiary/aromatic N) is 1. The normalized spacial score (nSPS) is 18.7. The smallest absolute Gasteiger partial charge is 0.0587 e. The first-order valence-corrected chi connectivity index (χ1v) is 7.22. The topological polar surface area (TPSA) is 34.1 Å². The molecule has 0 bridgehead atoms. The van der Waals surface area contributed by atoms with E-state index in [4.69, 9.17) is 4.74 Å². The van der Waals surface area contributed by atoms with Crippen molar-refractivity contribution in [2.45, 2.75) is 31.6 Å². The average molecular weight is 260 g/mol. The number of fused-ring (bicyclic) bond motifs is 1. The Labute approximate surface area is 116 Å². The number of hydrogen-bond donors (Lipinski definition) is 1.